The molecule has 1 saturated heterocycles. The molecule has 7 nitrogen and oxygen atoms in total. The van der Waals surface area contributed by atoms with Crippen LogP contribution < -0.4 is 11.0 Å². The number of amides is 1. The summed E-state index contributed by atoms with van der Waals surface area (Å²) in [4.78, 5) is 34.0. The molecule has 2 aromatic heterocycles. The van der Waals surface area contributed by atoms with Gasteiger partial charge in [-0.1, -0.05) is 18.2 Å². The van der Waals surface area contributed by atoms with Crippen molar-refractivity contribution in [3.8, 4) is 0 Å². The Bertz CT molecular complexity index is 947. The number of aromatic amines is 1. The number of piperazine rings is 1. The molecule has 1 atom stereocenters. The largest absolute Gasteiger partial charge is 0.331 e. The number of rotatable bonds is 3. The highest BCUT2D eigenvalue weighted by atomic mass is 16.2. The fourth-order valence-corrected chi connectivity index (χ4v) is 3.36. The first-order chi connectivity index (χ1) is 12.2. The van der Waals surface area contributed by atoms with Gasteiger partial charge in [-0.3, -0.25) is 14.3 Å². The van der Waals surface area contributed by atoms with E-state index in [9.17, 15) is 9.59 Å². The summed E-state index contributed by atoms with van der Waals surface area (Å²) in [6.45, 7) is 2.06. The number of nitrogens with zero attached hydrogens (tertiary/aromatic N) is 3. The van der Waals surface area contributed by atoms with Crippen molar-refractivity contribution >= 4 is 16.9 Å². The van der Waals surface area contributed by atoms with E-state index >= 15 is 0 Å². The molecule has 128 valence electrons. The van der Waals surface area contributed by atoms with E-state index in [4.69, 9.17) is 0 Å². The smallest absolute Gasteiger partial charge is 0.326 e. The lowest BCUT2D eigenvalue weighted by molar-refractivity contribution is -0.135. The predicted octanol–water partition coefficient (Wildman–Crippen LogP) is 0.898. The third-order valence-electron chi connectivity index (χ3n) is 4.61. The van der Waals surface area contributed by atoms with Crippen LogP contribution in [0.1, 0.15) is 11.6 Å². The number of para-hydroxylation sites is 2. The van der Waals surface area contributed by atoms with Crippen LogP contribution in [0.3, 0.4) is 0 Å². The number of carbonyl (C=O) groups excluding carboxylic acids is 1. The normalized spacial score (nSPS) is 17.8. The molecule has 1 unspecified atom stereocenters. The van der Waals surface area contributed by atoms with Crippen LogP contribution in [0, 0.1) is 0 Å². The molecule has 0 aliphatic carbocycles. The minimum atomic E-state index is -0.261. The summed E-state index contributed by atoms with van der Waals surface area (Å²) in [5.74, 6) is -0.0674. The van der Waals surface area contributed by atoms with Gasteiger partial charge in [0.15, 0.2) is 0 Å². The van der Waals surface area contributed by atoms with Crippen molar-refractivity contribution in [3.63, 3.8) is 0 Å². The van der Waals surface area contributed by atoms with Gasteiger partial charge in [-0.05, 0) is 23.8 Å². The molecule has 7 heteroatoms. The van der Waals surface area contributed by atoms with Gasteiger partial charge in [0.25, 0.3) is 0 Å². The Morgan fingerprint density at radius 3 is 2.96 bits per heavy atom. The molecule has 0 spiro atoms. The molecule has 1 aliphatic rings. The van der Waals surface area contributed by atoms with E-state index in [0.29, 0.717) is 13.1 Å². The quantitative estimate of drug-likeness (QED) is 0.744. The Labute approximate surface area is 144 Å². The maximum Gasteiger partial charge on any atom is 0.326 e. The first-order valence-electron chi connectivity index (χ1n) is 8.32. The highest BCUT2D eigenvalue weighted by Crippen LogP contribution is 2.22. The Kier molecular flexibility index (Phi) is 4.07. The lowest BCUT2D eigenvalue weighted by Gasteiger charge is -2.36. The van der Waals surface area contributed by atoms with Gasteiger partial charge in [-0.25, -0.2) is 4.79 Å². The van der Waals surface area contributed by atoms with Crippen LogP contribution in [0.2, 0.25) is 0 Å². The fraction of sp³-hybridized carbons (Fsp3) is 0.278. The SMILES string of the molecule is O=C(Cn1c(=O)[nH]c2ccccc21)N1CCNCC1c1cccnc1. The molecule has 25 heavy (non-hydrogen) atoms. The molecular weight excluding hydrogens is 318 g/mol. The minimum Gasteiger partial charge on any atom is -0.331 e. The van der Waals surface area contributed by atoms with E-state index in [1.165, 1.54) is 4.57 Å². The van der Waals surface area contributed by atoms with Gasteiger partial charge < -0.3 is 15.2 Å². The Morgan fingerprint density at radius 1 is 1.24 bits per heavy atom. The summed E-state index contributed by atoms with van der Waals surface area (Å²) in [7, 11) is 0. The van der Waals surface area contributed by atoms with E-state index in [-0.39, 0.29) is 24.2 Å². The lowest BCUT2D eigenvalue weighted by atomic mass is 10.1. The molecule has 1 amide bonds. The van der Waals surface area contributed by atoms with Crippen LogP contribution >= 0.6 is 0 Å². The molecule has 0 saturated carbocycles. The summed E-state index contributed by atoms with van der Waals surface area (Å²) in [5.41, 5.74) is 2.22. The standard InChI is InChI=1S/C18H19N5O2/c24-17(12-23-15-6-2-1-5-14(15)21-18(23)25)22-9-8-20-11-16(22)13-4-3-7-19-10-13/h1-7,10,16,20H,8-9,11-12H2,(H,21,25). The predicted molar refractivity (Wildman–Crippen MR) is 94.1 cm³/mol. The zero-order valence-electron chi connectivity index (χ0n) is 13.7. The van der Waals surface area contributed by atoms with Crippen molar-refractivity contribution in [1.82, 2.24) is 24.8 Å². The minimum absolute atomic E-state index is 0.0274. The Hall–Kier alpha value is -2.93. The van der Waals surface area contributed by atoms with Crippen molar-refractivity contribution in [2.75, 3.05) is 19.6 Å². The number of aromatic nitrogens is 3. The highest BCUT2D eigenvalue weighted by molar-refractivity contribution is 5.81. The van der Waals surface area contributed by atoms with Gasteiger partial charge in [-0.2, -0.15) is 0 Å². The van der Waals surface area contributed by atoms with Gasteiger partial charge in [0.1, 0.15) is 6.54 Å². The first kappa shape index (κ1) is 15.6. The van der Waals surface area contributed by atoms with Crippen molar-refractivity contribution in [2.45, 2.75) is 12.6 Å². The van der Waals surface area contributed by atoms with Gasteiger partial charge in [0.05, 0.1) is 17.1 Å². The average molecular weight is 337 g/mol. The lowest BCUT2D eigenvalue weighted by Crippen LogP contribution is -2.50. The summed E-state index contributed by atoms with van der Waals surface area (Å²) in [6.07, 6.45) is 3.51. The molecule has 1 aromatic carbocycles. The zero-order chi connectivity index (χ0) is 17.2. The average Bonchev–Trinajstić information content (AvgIpc) is 2.98. The van der Waals surface area contributed by atoms with Crippen LogP contribution in [0.25, 0.3) is 11.0 Å². The number of hydrogen-bond donors (Lipinski definition) is 2. The number of nitrogens with one attached hydrogen (secondary N) is 2. The van der Waals surface area contributed by atoms with Gasteiger partial charge >= 0.3 is 5.69 Å². The second-order valence-corrected chi connectivity index (χ2v) is 6.13. The molecule has 0 radical (unpaired) electrons. The maximum absolute atomic E-state index is 12.9. The fourth-order valence-electron chi connectivity index (χ4n) is 3.36. The van der Waals surface area contributed by atoms with Crippen LogP contribution in [0.4, 0.5) is 0 Å². The molecule has 1 aliphatic heterocycles. The van der Waals surface area contributed by atoms with Gasteiger partial charge in [0.2, 0.25) is 5.91 Å². The van der Waals surface area contributed by atoms with Crippen LogP contribution in [0.5, 0.6) is 0 Å². The maximum atomic E-state index is 12.9. The van der Waals surface area contributed by atoms with E-state index in [0.717, 1.165) is 23.1 Å². The molecule has 4 rings (SSSR count). The third-order valence-corrected chi connectivity index (χ3v) is 4.61. The summed E-state index contributed by atoms with van der Waals surface area (Å²) < 4.78 is 1.50. The van der Waals surface area contributed by atoms with E-state index in [1.54, 1.807) is 12.4 Å². The second-order valence-electron chi connectivity index (χ2n) is 6.13. The van der Waals surface area contributed by atoms with Crippen molar-refractivity contribution in [3.05, 3.63) is 64.8 Å². The topological polar surface area (TPSA) is 83.0 Å². The van der Waals surface area contributed by atoms with Crippen LogP contribution in [0.15, 0.2) is 53.6 Å². The van der Waals surface area contributed by atoms with Gasteiger partial charge in [-0.15, -0.1) is 0 Å². The van der Waals surface area contributed by atoms with Gasteiger partial charge in [0, 0.05) is 32.0 Å². The molecule has 0 bridgehead atoms. The number of benzene rings is 1. The number of fused-ring (bicyclic) bond motifs is 1. The number of H-pyrrole nitrogens is 1. The summed E-state index contributed by atoms with van der Waals surface area (Å²) >= 11 is 0. The van der Waals surface area contributed by atoms with E-state index in [1.807, 2.05) is 41.3 Å². The monoisotopic (exact) mass is 337 g/mol. The van der Waals surface area contributed by atoms with E-state index < -0.39 is 0 Å². The van der Waals surface area contributed by atoms with Crippen molar-refractivity contribution < 1.29 is 4.79 Å². The summed E-state index contributed by atoms with van der Waals surface area (Å²) in [6, 6.07) is 11.2. The number of imidazole rings is 1. The van der Waals surface area contributed by atoms with Crippen molar-refractivity contribution in [2.24, 2.45) is 0 Å². The van der Waals surface area contributed by atoms with E-state index in [2.05, 4.69) is 15.3 Å². The van der Waals surface area contributed by atoms with Crippen LogP contribution in [-0.4, -0.2) is 45.0 Å². The molecular formula is C18H19N5O2. The highest BCUT2D eigenvalue weighted by Gasteiger charge is 2.28. The first-order valence-corrected chi connectivity index (χ1v) is 8.32. The number of carbonyl (C=O) groups is 1. The third kappa shape index (κ3) is 2.94. The zero-order valence-corrected chi connectivity index (χ0v) is 13.7. The second kappa shape index (κ2) is 6.52. The molecule has 3 aromatic rings. The molecule has 2 N–H and O–H groups in total. The Balaban J connectivity index is 1.62. The summed E-state index contributed by atoms with van der Waals surface area (Å²) in [5, 5.41) is 3.32. The van der Waals surface area contributed by atoms with Crippen LogP contribution in [-0.2, 0) is 11.3 Å². The number of hydrogen-bond acceptors (Lipinski definition) is 4. The molecule has 1 fully saturated rings. The molecule has 3 heterocycles. The Morgan fingerprint density at radius 2 is 2.12 bits per heavy atom. The number of pyridine rings is 1. The van der Waals surface area contributed by atoms with Crippen molar-refractivity contribution in [1.29, 1.82) is 0 Å².